The first-order valence-electron chi connectivity index (χ1n) is 5.76. The van der Waals surface area contributed by atoms with Crippen LogP contribution in [0.1, 0.15) is 22.1 Å². The molecular formula is C15H13BrCl2O. The zero-order chi connectivity index (χ0) is 14.0. The SMILES string of the molecule is COc1ccc(C(Cl)c2cc(Cl)ccc2Br)cc1C. The van der Waals surface area contributed by atoms with E-state index in [1.54, 1.807) is 7.11 Å². The predicted molar refractivity (Wildman–Crippen MR) is 84.6 cm³/mol. The standard InChI is InChI=1S/C15H13BrCl2O/c1-9-7-10(3-6-14(9)19-2)15(18)12-8-11(17)4-5-13(12)16/h3-8,15H,1-2H3. The normalized spacial score (nSPS) is 12.3. The third-order valence-corrected chi connectivity index (χ3v) is 4.39. The monoisotopic (exact) mass is 358 g/mol. The molecule has 0 heterocycles. The number of ether oxygens (including phenoxy) is 1. The van der Waals surface area contributed by atoms with Gasteiger partial charge in [-0.1, -0.05) is 39.7 Å². The van der Waals surface area contributed by atoms with Crippen molar-refractivity contribution in [2.75, 3.05) is 7.11 Å². The number of aryl methyl sites for hydroxylation is 1. The number of methoxy groups -OCH3 is 1. The van der Waals surface area contributed by atoms with Crippen LogP contribution < -0.4 is 4.74 Å². The van der Waals surface area contributed by atoms with Crippen LogP contribution in [-0.2, 0) is 0 Å². The van der Waals surface area contributed by atoms with E-state index in [0.717, 1.165) is 26.9 Å². The van der Waals surface area contributed by atoms with Crippen LogP contribution in [0.2, 0.25) is 5.02 Å². The first kappa shape index (κ1) is 14.7. The number of hydrogen-bond acceptors (Lipinski definition) is 1. The van der Waals surface area contributed by atoms with Gasteiger partial charge in [-0.3, -0.25) is 0 Å². The molecule has 0 aliphatic heterocycles. The fourth-order valence-corrected chi connectivity index (χ4v) is 3.05. The van der Waals surface area contributed by atoms with Gasteiger partial charge in [0.05, 0.1) is 12.5 Å². The second kappa shape index (κ2) is 6.17. The Hall–Kier alpha value is -0.700. The van der Waals surface area contributed by atoms with Gasteiger partial charge in [-0.05, 0) is 47.9 Å². The summed E-state index contributed by atoms with van der Waals surface area (Å²) in [4.78, 5) is 0. The van der Waals surface area contributed by atoms with Crippen LogP contribution in [-0.4, -0.2) is 7.11 Å². The molecule has 2 rings (SSSR count). The topological polar surface area (TPSA) is 9.23 Å². The van der Waals surface area contributed by atoms with Crippen LogP contribution in [0.4, 0.5) is 0 Å². The van der Waals surface area contributed by atoms with Crippen molar-refractivity contribution in [3.8, 4) is 5.75 Å². The van der Waals surface area contributed by atoms with Crippen molar-refractivity contribution in [3.63, 3.8) is 0 Å². The first-order chi connectivity index (χ1) is 9.02. The Morgan fingerprint density at radius 2 is 1.89 bits per heavy atom. The van der Waals surface area contributed by atoms with E-state index in [1.165, 1.54) is 0 Å². The molecule has 0 saturated heterocycles. The van der Waals surface area contributed by atoms with Gasteiger partial charge in [0.25, 0.3) is 0 Å². The fraction of sp³-hybridized carbons (Fsp3) is 0.200. The Labute approximate surface area is 131 Å². The average molecular weight is 360 g/mol. The van der Waals surface area contributed by atoms with E-state index in [1.807, 2.05) is 43.3 Å². The third-order valence-electron chi connectivity index (χ3n) is 2.94. The highest BCUT2D eigenvalue weighted by molar-refractivity contribution is 9.10. The van der Waals surface area contributed by atoms with Crippen LogP contribution in [0.5, 0.6) is 5.75 Å². The average Bonchev–Trinajstić information content (AvgIpc) is 2.40. The number of rotatable bonds is 3. The van der Waals surface area contributed by atoms with Crippen molar-refractivity contribution in [2.45, 2.75) is 12.3 Å². The molecule has 1 atom stereocenters. The maximum atomic E-state index is 6.55. The summed E-state index contributed by atoms with van der Waals surface area (Å²) in [7, 11) is 1.66. The maximum absolute atomic E-state index is 6.55. The molecule has 0 saturated carbocycles. The second-order valence-electron chi connectivity index (χ2n) is 4.26. The molecule has 4 heteroatoms. The lowest BCUT2D eigenvalue weighted by atomic mass is 10.0. The number of alkyl halides is 1. The van der Waals surface area contributed by atoms with Crippen LogP contribution >= 0.6 is 39.1 Å². The molecule has 0 fully saturated rings. The summed E-state index contributed by atoms with van der Waals surface area (Å²) in [6.07, 6.45) is 0. The lowest BCUT2D eigenvalue weighted by Crippen LogP contribution is -1.96. The highest BCUT2D eigenvalue weighted by atomic mass is 79.9. The maximum Gasteiger partial charge on any atom is 0.121 e. The third kappa shape index (κ3) is 3.25. The zero-order valence-electron chi connectivity index (χ0n) is 10.6. The predicted octanol–water partition coefficient (Wildman–Crippen LogP) is 5.75. The smallest absolute Gasteiger partial charge is 0.121 e. The summed E-state index contributed by atoms with van der Waals surface area (Å²) in [5.74, 6) is 0.859. The van der Waals surface area contributed by atoms with Gasteiger partial charge in [0.1, 0.15) is 5.75 Å². The minimum atomic E-state index is -0.252. The molecule has 19 heavy (non-hydrogen) atoms. The number of hydrogen-bond donors (Lipinski definition) is 0. The molecule has 0 aliphatic rings. The molecule has 100 valence electrons. The largest absolute Gasteiger partial charge is 0.496 e. The van der Waals surface area contributed by atoms with E-state index in [2.05, 4.69) is 15.9 Å². The van der Waals surface area contributed by atoms with Gasteiger partial charge in [0.15, 0.2) is 0 Å². The summed E-state index contributed by atoms with van der Waals surface area (Å²) in [6, 6.07) is 11.5. The first-order valence-corrected chi connectivity index (χ1v) is 7.37. The Morgan fingerprint density at radius 1 is 1.16 bits per heavy atom. The molecule has 0 spiro atoms. The fourth-order valence-electron chi connectivity index (χ4n) is 1.95. The van der Waals surface area contributed by atoms with Crippen molar-refractivity contribution in [3.05, 3.63) is 62.6 Å². The highest BCUT2D eigenvalue weighted by Gasteiger charge is 2.15. The molecule has 0 amide bonds. The van der Waals surface area contributed by atoms with Gasteiger partial charge in [-0.2, -0.15) is 0 Å². The summed E-state index contributed by atoms with van der Waals surface area (Å²) in [5.41, 5.74) is 3.03. The highest BCUT2D eigenvalue weighted by Crippen LogP contribution is 2.36. The van der Waals surface area contributed by atoms with Crippen molar-refractivity contribution in [2.24, 2.45) is 0 Å². The van der Waals surface area contributed by atoms with Crippen LogP contribution in [0.15, 0.2) is 40.9 Å². The summed E-state index contributed by atoms with van der Waals surface area (Å²) in [5, 5.41) is 0.423. The quantitative estimate of drug-likeness (QED) is 0.634. The summed E-state index contributed by atoms with van der Waals surface area (Å²) >= 11 is 16.1. The molecule has 0 radical (unpaired) electrons. The van der Waals surface area contributed by atoms with Crippen molar-refractivity contribution in [1.82, 2.24) is 0 Å². The molecule has 0 aliphatic carbocycles. The van der Waals surface area contributed by atoms with Crippen LogP contribution in [0.25, 0.3) is 0 Å². The Morgan fingerprint density at radius 3 is 2.53 bits per heavy atom. The van der Waals surface area contributed by atoms with Gasteiger partial charge in [-0.25, -0.2) is 0 Å². The lowest BCUT2D eigenvalue weighted by molar-refractivity contribution is 0.411. The Kier molecular flexibility index (Phi) is 4.77. The van der Waals surface area contributed by atoms with Gasteiger partial charge in [0.2, 0.25) is 0 Å². The van der Waals surface area contributed by atoms with E-state index in [0.29, 0.717) is 5.02 Å². The molecule has 0 aromatic heterocycles. The molecule has 0 bridgehead atoms. The minimum absolute atomic E-state index is 0.252. The van der Waals surface area contributed by atoms with Crippen molar-refractivity contribution >= 4 is 39.1 Å². The van der Waals surface area contributed by atoms with E-state index >= 15 is 0 Å². The molecular weight excluding hydrogens is 347 g/mol. The summed E-state index contributed by atoms with van der Waals surface area (Å²) < 4.78 is 6.20. The van der Waals surface area contributed by atoms with E-state index in [9.17, 15) is 0 Å². The number of halogens is 3. The number of benzene rings is 2. The van der Waals surface area contributed by atoms with Gasteiger partial charge < -0.3 is 4.74 Å². The van der Waals surface area contributed by atoms with Crippen molar-refractivity contribution in [1.29, 1.82) is 0 Å². The molecule has 0 N–H and O–H groups in total. The molecule has 2 aromatic rings. The lowest BCUT2D eigenvalue weighted by Gasteiger charge is -2.14. The Bertz CT molecular complexity index is 599. The van der Waals surface area contributed by atoms with Crippen molar-refractivity contribution < 1.29 is 4.74 Å². The summed E-state index contributed by atoms with van der Waals surface area (Å²) in [6.45, 7) is 2.00. The molecule has 1 nitrogen and oxygen atoms in total. The van der Waals surface area contributed by atoms with E-state index in [4.69, 9.17) is 27.9 Å². The zero-order valence-corrected chi connectivity index (χ0v) is 13.7. The molecule has 2 aromatic carbocycles. The van der Waals surface area contributed by atoms with Crippen LogP contribution in [0.3, 0.4) is 0 Å². The molecule has 1 unspecified atom stereocenters. The second-order valence-corrected chi connectivity index (χ2v) is 5.98. The van der Waals surface area contributed by atoms with Gasteiger partial charge >= 0.3 is 0 Å². The van der Waals surface area contributed by atoms with Gasteiger partial charge in [0, 0.05) is 9.50 Å². The Balaban J connectivity index is 2.41. The minimum Gasteiger partial charge on any atom is -0.496 e. The van der Waals surface area contributed by atoms with E-state index in [-0.39, 0.29) is 5.38 Å². The van der Waals surface area contributed by atoms with Gasteiger partial charge in [-0.15, -0.1) is 11.6 Å². The van der Waals surface area contributed by atoms with Crippen LogP contribution in [0, 0.1) is 6.92 Å². The van der Waals surface area contributed by atoms with E-state index < -0.39 is 0 Å².